The van der Waals surface area contributed by atoms with E-state index in [4.69, 9.17) is 0 Å². The highest BCUT2D eigenvalue weighted by molar-refractivity contribution is 9.09. The SMILES string of the molecule is O=C(Cc1cccs1)NCCCCCCBr. The van der Waals surface area contributed by atoms with Gasteiger partial charge in [0, 0.05) is 16.8 Å². The van der Waals surface area contributed by atoms with E-state index in [9.17, 15) is 4.79 Å². The van der Waals surface area contributed by atoms with Crippen molar-refractivity contribution in [2.75, 3.05) is 11.9 Å². The fraction of sp³-hybridized carbons (Fsp3) is 0.583. The van der Waals surface area contributed by atoms with Gasteiger partial charge in [0.25, 0.3) is 0 Å². The second-order valence-electron chi connectivity index (χ2n) is 3.71. The van der Waals surface area contributed by atoms with Crippen LogP contribution in [0.25, 0.3) is 0 Å². The van der Waals surface area contributed by atoms with Crippen molar-refractivity contribution in [2.45, 2.75) is 32.1 Å². The molecule has 4 heteroatoms. The smallest absolute Gasteiger partial charge is 0.225 e. The Morgan fingerprint density at radius 2 is 2.12 bits per heavy atom. The summed E-state index contributed by atoms with van der Waals surface area (Å²) in [5.74, 6) is 0.142. The summed E-state index contributed by atoms with van der Waals surface area (Å²) < 4.78 is 0. The van der Waals surface area contributed by atoms with Crippen molar-refractivity contribution < 1.29 is 4.79 Å². The fourth-order valence-corrected chi connectivity index (χ4v) is 2.53. The van der Waals surface area contributed by atoms with Crippen LogP contribution in [0, 0.1) is 0 Å². The van der Waals surface area contributed by atoms with Gasteiger partial charge < -0.3 is 5.32 Å². The first-order chi connectivity index (χ1) is 7.83. The van der Waals surface area contributed by atoms with Crippen molar-refractivity contribution in [3.8, 4) is 0 Å². The third-order valence-electron chi connectivity index (χ3n) is 2.30. The minimum absolute atomic E-state index is 0.142. The first-order valence-corrected chi connectivity index (χ1v) is 7.68. The third kappa shape index (κ3) is 6.28. The van der Waals surface area contributed by atoms with Crippen LogP contribution in [0.2, 0.25) is 0 Å². The van der Waals surface area contributed by atoms with Crippen molar-refractivity contribution in [3.63, 3.8) is 0 Å². The maximum absolute atomic E-state index is 11.5. The number of alkyl halides is 1. The van der Waals surface area contributed by atoms with E-state index >= 15 is 0 Å². The van der Waals surface area contributed by atoms with Crippen molar-refractivity contribution in [1.29, 1.82) is 0 Å². The molecular formula is C12H18BrNOS. The molecule has 0 aliphatic heterocycles. The number of carbonyl (C=O) groups excluding carboxylic acids is 1. The molecule has 2 nitrogen and oxygen atoms in total. The van der Waals surface area contributed by atoms with Crippen LogP contribution in [0.1, 0.15) is 30.6 Å². The molecule has 0 fully saturated rings. The van der Waals surface area contributed by atoms with Crippen molar-refractivity contribution in [1.82, 2.24) is 5.32 Å². The molecule has 16 heavy (non-hydrogen) atoms. The van der Waals surface area contributed by atoms with Crippen LogP contribution >= 0.6 is 27.3 Å². The summed E-state index contributed by atoms with van der Waals surface area (Å²) in [7, 11) is 0. The molecule has 0 saturated heterocycles. The van der Waals surface area contributed by atoms with Gasteiger partial charge in [-0.25, -0.2) is 0 Å². The molecule has 0 atom stereocenters. The average molecular weight is 304 g/mol. The normalized spacial score (nSPS) is 10.3. The van der Waals surface area contributed by atoms with E-state index in [-0.39, 0.29) is 5.91 Å². The van der Waals surface area contributed by atoms with E-state index in [0.29, 0.717) is 6.42 Å². The van der Waals surface area contributed by atoms with Gasteiger partial charge in [-0.05, 0) is 24.3 Å². The second kappa shape index (κ2) is 8.76. The molecular weight excluding hydrogens is 286 g/mol. The molecule has 0 saturated carbocycles. The molecule has 90 valence electrons. The van der Waals surface area contributed by atoms with E-state index in [2.05, 4.69) is 21.2 Å². The maximum atomic E-state index is 11.5. The van der Waals surface area contributed by atoms with Gasteiger partial charge >= 0.3 is 0 Å². The number of thiophene rings is 1. The van der Waals surface area contributed by atoms with E-state index < -0.39 is 0 Å². The summed E-state index contributed by atoms with van der Waals surface area (Å²) in [6.07, 6.45) is 5.28. The Labute approximate surface area is 110 Å². The fourth-order valence-electron chi connectivity index (χ4n) is 1.43. The molecule has 0 unspecified atom stereocenters. The lowest BCUT2D eigenvalue weighted by atomic mass is 10.2. The van der Waals surface area contributed by atoms with E-state index in [1.165, 1.54) is 19.3 Å². The van der Waals surface area contributed by atoms with E-state index in [1.54, 1.807) is 11.3 Å². The Morgan fingerprint density at radius 3 is 2.81 bits per heavy atom. The van der Waals surface area contributed by atoms with Crippen molar-refractivity contribution >= 4 is 33.2 Å². The maximum Gasteiger partial charge on any atom is 0.225 e. The molecule has 1 heterocycles. The summed E-state index contributed by atoms with van der Waals surface area (Å²) in [6.45, 7) is 0.812. The summed E-state index contributed by atoms with van der Waals surface area (Å²) in [4.78, 5) is 12.6. The average Bonchev–Trinajstić information content (AvgIpc) is 2.76. The zero-order valence-corrected chi connectivity index (χ0v) is 11.8. The van der Waals surface area contributed by atoms with Gasteiger partial charge in [0.15, 0.2) is 0 Å². The number of nitrogens with one attached hydrogen (secondary N) is 1. The molecule has 0 aromatic carbocycles. The van der Waals surface area contributed by atoms with Gasteiger partial charge in [0.2, 0.25) is 5.91 Å². The molecule has 0 radical (unpaired) electrons. The Balaban J connectivity index is 1.98. The summed E-state index contributed by atoms with van der Waals surface area (Å²) in [5.41, 5.74) is 0. The molecule has 0 bridgehead atoms. The van der Waals surface area contributed by atoms with Crippen LogP contribution in [-0.2, 0) is 11.2 Å². The Morgan fingerprint density at radius 1 is 1.31 bits per heavy atom. The number of carbonyl (C=O) groups is 1. The lowest BCUT2D eigenvalue weighted by molar-refractivity contribution is -0.120. The Bertz CT molecular complexity index is 287. The molecule has 1 N–H and O–H groups in total. The monoisotopic (exact) mass is 303 g/mol. The number of unbranched alkanes of at least 4 members (excludes halogenated alkanes) is 3. The molecule has 1 amide bonds. The largest absolute Gasteiger partial charge is 0.356 e. The highest BCUT2D eigenvalue weighted by Gasteiger charge is 2.02. The van der Waals surface area contributed by atoms with Crippen LogP contribution in [0.15, 0.2) is 17.5 Å². The summed E-state index contributed by atoms with van der Waals surface area (Å²) in [6, 6.07) is 3.98. The van der Waals surface area contributed by atoms with Gasteiger partial charge in [-0.3, -0.25) is 4.79 Å². The quantitative estimate of drug-likeness (QED) is 0.579. The predicted octanol–water partition coefficient (Wildman–Crippen LogP) is 3.36. The highest BCUT2D eigenvalue weighted by Crippen LogP contribution is 2.08. The number of halogens is 1. The predicted molar refractivity (Wildman–Crippen MR) is 73.3 cm³/mol. The zero-order chi connectivity index (χ0) is 11.6. The van der Waals surface area contributed by atoms with Crippen LogP contribution in [-0.4, -0.2) is 17.8 Å². The molecule has 1 aromatic heterocycles. The molecule has 1 rings (SSSR count). The first-order valence-electron chi connectivity index (χ1n) is 5.68. The van der Waals surface area contributed by atoms with E-state index in [1.807, 2.05) is 17.5 Å². The highest BCUT2D eigenvalue weighted by atomic mass is 79.9. The lowest BCUT2D eigenvalue weighted by Crippen LogP contribution is -2.25. The van der Waals surface area contributed by atoms with Gasteiger partial charge in [0.05, 0.1) is 6.42 Å². The molecule has 0 aliphatic carbocycles. The Kier molecular flexibility index (Phi) is 7.51. The first kappa shape index (κ1) is 13.7. The minimum Gasteiger partial charge on any atom is -0.356 e. The lowest BCUT2D eigenvalue weighted by Gasteiger charge is -2.03. The van der Waals surface area contributed by atoms with Crippen molar-refractivity contribution in [2.24, 2.45) is 0 Å². The van der Waals surface area contributed by atoms with E-state index in [0.717, 1.165) is 23.2 Å². The standard InChI is InChI=1S/C12H18BrNOS/c13-7-3-1-2-4-8-14-12(15)10-11-6-5-9-16-11/h5-6,9H,1-4,7-8,10H2,(H,14,15). The van der Waals surface area contributed by atoms with Crippen LogP contribution in [0.4, 0.5) is 0 Å². The summed E-state index contributed by atoms with van der Waals surface area (Å²) >= 11 is 5.04. The zero-order valence-electron chi connectivity index (χ0n) is 9.38. The number of hydrogen-bond donors (Lipinski definition) is 1. The minimum atomic E-state index is 0.142. The third-order valence-corrected chi connectivity index (χ3v) is 3.73. The number of hydrogen-bond acceptors (Lipinski definition) is 2. The van der Waals surface area contributed by atoms with Crippen LogP contribution in [0.3, 0.4) is 0 Å². The van der Waals surface area contributed by atoms with Gasteiger partial charge in [0.1, 0.15) is 0 Å². The molecule has 0 aliphatic rings. The van der Waals surface area contributed by atoms with Crippen LogP contribution < -0.4 is 5.32 Å². The summed E-state index contributed by atoms with van der Waals surface area (Å²) in [5, 5.41) is 6.04. The van der Waals surface area contributed by atoms with Crippen molar-refractivity contribution in [3.05, 3.63) is 22.4 Å². The topological polar surface area (TPSA) is 29.1 Å². The van der Waals surface area contributed by atoms with Crippen LogP contribution in [0.5, 0.6) is 0 Å². The number of amides is 1. The van der Waals surface area contributed by atoms with Gasteiger partial charge in [-0.15, -0.1) is 11.3 Å². The second-order valence-corrected chi connectivity index (χ2v) is 5.53. The van der Waals surface area contributed by atoms with Gasteiger partial charge in [-0.2, -0.15) is 0 Å². The van der Waals surface area contributed by atoms with Gasteiger partial charge in [-0.1, -0.05) is 34.8 Å². The number of rotatable bonds is 8. The molecule has 1 aromatic rings. The Hall–Kier alpha value is -0.350. The molecule has 0 spiro atoms.